The molecule has 3 aliphatic rings. The molecular weight excluding hydrogens is 376 g/mol. The zero-order valence-electron chi connectivity index (χ0n) is 19.2. The lowest BCUT2D eigenvalue weighted by Crippen LogP contribution is -2.44. The summed E-state index contributed by atoms with van der Waals surface area (Å²) in [6.45, 7) is 10.6. The molecule has 2 aliphatic carbocycles. The zero-order valence-corrected chi connectivity index (χ0v) is 19.2. The number of rotatable bonds is 7. The highest BCUT2D eigenvalue weighted by Gasteiger charge is 2.28. The highest BCUT2D eigenvalue weighted by atomic mass is 15.2. The molecule has 164 valence electrons. The molecule has 0 bridgehead atoms. The fraction of sp³-hybridized carbons (Fsp3) is 0.517. The quantitative estimate of drug-likeness (QED) is 0.630. The zero-order chi connectivity index (χ0) is 21.2. The minimum Gasteiger partial charge on any atom is -0.384 e. The van der Waals surface area contributed by atoms with E-state index < -0.39 is 0 Å². The number of likely N-dealkylation sites (tertiary alicyclic amines) is 1. The van der Waals surface area contributed by atoms with E-state index in [-0.39, 0.29) is 0 Å². The minimum atomic E-state index is 0.413. The van der Waals surface area contributed by atoms with E-state index in [0.717, 1.165) is 19.4 Å². The van der Waals surface area contributed by atoms with Crippen LogP contribution in [0.3, 0.4) is 0 Å². The van der Waals surface area contributed by atoms with Gasteiger partial charge in [0.2, 0.25) is 0 Å². The van der Waals surface area contributed by atoms with Gasteiger partial charge in [0.05, 0.1) is 0 Å². The molecule has 2 atom stereocenters. The molecule has 0 amide bonds. The summed E-state index contributed by atoms with van der Waals surface area (Å²) >= 11 is 0. The van der Waals surface area contributed by atoms with Crippen molar-refractivity contribution in [2.45, 2.75) is 70.3 Å². The van der Waals surface area contributed by atoms with Crippen LogP contribution in [0.15, 0.2) is 54.7 Å². The summed E-state index contributed by atoms with van der Waals surface area (Å²) in [6, 6.07) is 16.7. The number of nitrogens with zero attached hydrogens (tertiary/aromatic N) is 1. The van der Waals surface area contributed by atoms with E-state index in [1.807, 2.05) is 0 Å². The van der Waals surface area contributed by atoms with Crippen molar-refractivity contribution in [3.05, 3.63) is 82.6 Å². The Morgan fingerprint density at radius 2 is 1.61 bits per heavy atom. The van der Waals surface area contributed by atoms with Crippen LogP contribution in [0.4, 0.5) is 0 Å². The van der Waals surface area contributed by atoms with E-state index in [1.54, 1.807) is 11.1 Å². The van der Waals surface area contributed by atoms with E-state index in [9.17, 15) is 0 Å². The van der Waals surface area contributed by atoms with Crippen LogP contribution in [0, 0.1) is 5.92 Å². The maximum atomic E-state index is 4.55. The van der Waals surface area contributed by atoms with Gasteiger partial charge in [-0.3, -0.25) is 0 Å². The molecule has 1 N–H and O–H groups in total. The Balaban J connectivity index is 1.32. The van der Waals surface area contributed by atoms with Crippen LogP contribution in [0.25, 0.3) is 0 Å². The van der Waals surface area contributed by atoms with Crippen molar-refractivity contribution < 1.29 is 0 Å². The Bertz CT molecular complexity index is 899. The smallest absolute Gasteiger partial charge is 0.0451 e. The first-order valence-electron chi connectivity index (χ1n) is 12.5. The number of hydrogen-bond donors (Lipinski definition) is 1. The van der Waals surface area contributed by atoms with Gasteiger partial charge in [0.15, 0.2) is 0 Å². The summed E-state index contributed by atoms with van der Waals surface area (Å²) in [5, 5.41) is 3.96. The minimum absolute atomic E-state index is 0.413. The lowest BCUT2D eigenvalue weighted by Gasteiger charge is -2.33. The molecule has 2 heteroatoms. The molecule has 1 fully saturated rings. The van der Waals surface area contributed by atoms with Gasteiger partial charge in [-0.05, 0) is 92.3 Å². The van der Waals surface area contributed by atoms with Crippen LogP contribution in [-0.2, 0) is 25.7 Å². The maximum absolute atomic E-state index is 4.55. The first-order valence-corrected chi connectivity index (χ1v) is 12.5. The van der Waals surface area contributed by atoms with E-state index in [1.165, 1.54) is 74.0 Å². The molecule has 2 nitrogen and oxygen atoms in total. The third-order valence-electron chi connectivity index (χ3n) is 8.07. The van der Waals surface area contributed by atoms with Crippen LogP contribution in [0.1, 0.15) is 66.3 Å². The predicted octanol–water partition coefficient (Wildman–Crippen LogP) is 5.65. The topological polar surface area (TPSA) is 15.3 Å². The normalized spacial score (nSPS) is 20.8. The standard InChI is InChI=1S/C29H38N2/c1-21(24-14-13-23-9-3-4-10-25(23)17-24)29(20-31-15-7-8-16-31)30-22(2)28-18-26-11-5-6-12-27(26)19-28/h5-6,11-14,17,21,28-30H,2-4,7-10,15-16,18-20H2,1H3. The van der Waals surface area contributed by atoms with Crippen LogP contribution in [0.2, 0.25) is 0 Å². The molecule has 1 heterocycles. The van der Waals surface area contributed by atoms with Gasteiger partial charge in [-0.2, -0.15) is 0 Å². The molecule has 0 aromatic heterocycles. The van der Waals surface area contributed by atoms with Crippen LogP contribution < -0.4 is 5.32 Å². The first kappa shape index (κ1) is 20.8. The molecule has 1 aliphatic heterocycles. The highest BCUT2D eigenvalue weighted by molar-refractivity contribution is 5.37. The van der Waals surface area contributed by atoms with Gasteiger partial charge in [-0.25, -0.2) is 0 Å². The van der Waals surface area contributed by atoms with Crippen molar-refractivity contribution in [1.82, 2.24) is 10.2 Å². The van der Waals surface area contributed by atoms with Crippen molar-refractivity contribution in [2.24, 2.45) is 5.92 Å². The Morgan fingerprint density at radius 3 is 2.32 bits per heavy atom. The van der Waals surface area contributed by atoms with E-state index >= 15 is 0 Å². The lowest BCUT2D eigenvalue weighted by molar-refractivity contribution is 0.277. The van der Waals surface area contributed by atoms with Gasteiger partial charge in [-0.1, -0.05) is 56.0 Å². The Kier molecular flexibility index (Phi) is 6.18. The van der Waals surface area contributed by atoms with Crippen molar-refractivity contribution in [2.75, 3.05) is 19.6 Å². The maximum Gasteiger partial charge on any atom is 0.0451 e. The van der Waals surface area contributed by atoms with E-state index in [2.05, 4.69) is 66.2 Å². The fourth-order valence-electron chi connectivity index (χ4n) is 6.00. The molecule has 2 aromatic rings. The van der Waals surface area contributed by atoms with Gasteiger partial charge in [-0.15, -0.1) is 0 Å². The Labute approximate surface area is 188 Å². The predicted molar refractivity (Wildman–Crippen MR) is 131 cm³/mol. The molecule has 0 radical (unpaired) electrons. The lowest BCUT2D eigenvalue weighted by atomic mass is 9.85. The summed E-state index contributed by atoms with van der Waals surface area (Å²) in [4.78, 5) is 2.66. The van der Waals surface area contributed by atoms with Gasteiger partial charge in [0.25, 0.3) is 0 Å². The van der Waals surface area contributed by atoms with Crippen LogP contribution in [0.5, 0.6) is 0 Å². The summed E-state index contributed by atoms with van der Waals surface area (Å²) < 4.78 is 0. The molecule has 5 rings (SSSR count). The molecule has 2 aromatic carbocycles. The number of aryl methyl sites for hydroxylation is 2. The average molecular weight is 415 g/mol. The van der Waals surface area contributed by atoms with Crippen LogP contribution >= 0.6 is 0 Å². The summed E-state index contributed by atoms with van der Waals surface area (Å²) in [6.07, 6.45) is 10.2. The molecule has 2 unspecified atom stereocenters. The number of hydrogen-bond acceptors (Lipinski definition) is 2. The van der Waals surface area contributed by atoms with E-state index in [4.69, 9.17) is 0 Å². The Morgan fingerprint density at radius 1 is 0.935 bits per heavy atom. The number of benzene rings is 2. The fourth-order valence-corrected chi connectivity index (χ4v) is 6.00. The van der Waals surface area contributed by atoms with Crippen molar-refractivity contribution in [3.8, 4) is 0 Å². The monoisotopic (exact) mass is 414 g/mol. The SMILES string of the molecule is C=C(NC(CN1CCCC1)C(C)c1ccc2c(c1)CCCC2)C1Cc2ccccc2C1. The second kappa shape index (κ2) is 9.20. The molecule has 0 spiro atoms. The molecule has 31 heavy (non-hydrogen) atoms. The van der Waals surface area contributed by atoms with Crippen LogP contribution in [-0.4, -0.2) is 30.6 Å². The van der Waals surface area contributed by atoms with E-state index in [0.29, 0.717) is 17.9 Å². The number of nitrogens with one attached hydrogen (secondary N) is 1. The second-order valence-corrected chi connectivity index (χ2v) is 10.2. The summed E-state index contributed by atoms with van der Waals surface area (Å²) in [7, 11) is 0. The average Bonchev–Trinajstić information content (AvgIpc) is 3.47. The third kappa shape index (κ3) is 4.60. The first-order chi connectivity index (χ1) is 15.2. The summed E-state index contributed by atoms with van der Waals surface area (Å²) in [5.74, 6) is 1.00. The number of allylic oxidation sites excluding steroid dienone is 1. The van der Waals surface area contributed by atoms with Gasteiger partial charge in [0, 0.05) is 30.1 Å². The van der Waals surface area contributed by atoms with Gasteiger partial charge in [0.1, 0.15) is 0 Å². The largest absolute Gasteiger partial charge is 0.384 e. The Hall–Kier alpha value is -2.06. The summed E-state index contributed by atoms with van der Waals surface area (Å²) in [5.41, 5.74) is 8.94. The highest BCUT2D eigenvalue weighted by Crippen LogP contribution is 2.32. The number of fused-ring (bicyclic) bond motifs is 2. The molecule has 0 saturated carbocycles. The third-order valence-corrected chi connectivity index (χ3v) is 8.07. The molecular formula is C29H38N2. The van der Waals surface area contributed by atoms with Crippen molar-refractivity contribution in [1.29, 1.82) is 0 Å². The molecule has 1 saturated heterocycles. The van der Waals surface area contributed by atoms with Gasteiger partial charge >= 0.3 is 0 Å². The van der Waals surface area contributed by atoms with Gasteiger partial charge < -0.3 is 10.2 Å². The van der Waals surface area contributed by atoms with Crippen molar-refractivity contribution in [3.63, 3.8) is 0 Å². The second-order valence-electron chi connectivity index (χ2n) is 10.2. The van der Waals surface area contributed by atoms with Crippen molar-refractivity contribution >= 4 is 0 Å².